The van der Waals surface area contributed by atoms with E-state index in [-0.39, 0.29) is 6.67 Å². The van der Waals surface area contributed by atoms with E-state index in [0.717, 1.165) is 4.85 Å². The van der Waals surface area contributed by atoms with Crippen LogP contribution in [0.15, 0.2) is 18.5 Å². The van der Waals surface area contributed by atoms with Gasteiger partial charge >= 0.3 is 12.2 Å². The molecule has 100 valence electrons. The predicted octanol–water partition coefficient (Wildman–Crippen LogP) is 0.503. The van der Waals surface area contributed by atoms with Gasteiger partial charge in [-0.15, -0.1) is 5.10 Å². The molecule has 0 aliphatic carbocycles. The van der Waals surface area contributed by atoms with Crippen LogP contribution in [0.1, 0.15) is 20.8 Å². The summed E-state index contributed by atoms with van der Waals surface area (Å²) in [5.41, 5.74) is -0.584. The fourth-order valence-electron chi connectivity index (χ4n) is 0.929. The van der Waals surface area contributed by atoms with Gasteiger partial charge in [0.2, 0.25) is 0 Å². The summed E-state index contributed by atoms with van der Waals surface area (Å²) >= 11 is 0. The highest BCUT2D eigenvalue weighted by Gasteiger charge is 2.15. The van der Waals surface area contributed by atoms with Crippen molar-refractivity contribution >= 4 is 12.2 Å². The first-order chi connectivity index (χ1) is 8.37. The number of aromatic nitrogens is 2. The standard InChI is InChI=1S/C10H16N4O4/c1-10(2,3)17-8(15)11-7-12-9(16)18-14-6-4-5-13-14/h4-6H,7H2,1-3H3,(H,11,15)(H,12,16). The highest BCUT2D eigenvalue weighted by Crippen LogP contribution is 2.05. The topological polar surface area (TPSA) is 94.5 Å². The van der Waals surface area contributed by atoms with Gasteiger partial charge in [-0.1, -0.05) is 4.85 Å². The lowest BCUT2D eigenvalue weighted by atomic mass is 10.2. The maximum Gasteiger partial charge on any atom is 0.434 e. The van der Waals surface area contributed by atoms with Crippen LogP contribution < -0.4 is 15.5 Å². The summed E-state index contributed by atoms with van der Waals surface area (Å²) < 4.78 is 4.97. The van der Waals surface area contributed by atoms with E-state index in [4.69, 9.17) is 9.57 Å². The Morgan fingerprint density at radius 2 is 1.94 bits per heavy atom. The summed E-state index contributed by atoms with van der Waals surface area (Å²) in [5.74, 6) is 0. The Morgan fingerprint density at radius 1 is 1.28 bits per heavy atom. The van der Waals surface area contributed by atoms with Crippen molar-refractivity contribution in [3.63, 3.8) is 0 Å². The number of carbonyl (C=O) groups is 2. The van der Waals surface area contributed by atoms with Gasteiger partial charge in [-0.2, -0.15) is 0 Å². The monoisotopic (exact) mass is 256 g/mol. The summed E-state index contributed by atoms with van der Waals surface area (Å²) in [4.78, 5) is 28.1. The number of nitrogens with zero attached hydrogens (tertiary/aromatic N) is 2. The van der Waals surface area contributed by atoms with Crippen LogP contribution in [-0.4, -0.2) is 34.4 Å². The van der Waals surface area contributed by atoms with Crippen molar-refractivity contribution in [3.8, 4) is 0 Å². The number of nitrogens with one attached hydrogen (secondary N) is 2. The van der Waals surface area contributed by atoms with E-state index in [1.165, 1.54) is 12.4 Å². The number of hydrogen-bond donors (Lipinski definition) is 2. The van der Waals surface area contributed by atoms with Crippen molar-refractivity contribution in [2.75, 3.05) is 6.67 Å². The fourth-order valence-corrected chi connectivity index (χ4v) is 0.929. The average Bonchev–Trinajstić information content (AvgIpc) is 2.67. The molecule has 0 bridgehead atoms. The highest BCUT2D eigenvalue weighted by atomic mass is 16.7. The molecule has 2 amide bonds. The molecule has 0 saturated carbocycles. The third kappa shape index (κ3) is 5.73. The van der Waals surface area contributed by atoms with Gasteiger partial charge in [-0.05, 0) is 26.8 Å². The summed E-state index contributed by atoms with van der Waals surface area (Å²) in [7, 11) is 0. The van der Waals surface area contributed by atoms with Gasteiger partial charge in [-0.25, -0.2) is 9.59 Å². The van der Waals surface area contributed by atoms with E-state index in [1.54, 1.807) is 26.8 Å². The van der Waals surface area contributed by atoms with Crippen molar-refractivity contribution in [2.24, 2.45) is 0 Å². The fraction of sp³-hybridized carbons (Fsp3) is 0.500. The van der Waals surface area contributed by atoms with Crippen LogP contribution in [0.5, 0.6) is 0 Å². The number of ether oxygens (including phenoxy) is 1. The molecule has 0 aliphatic heterocycles. The quantitative estimate of drug-likeness (QED) is 0.768. The molecule has 18 heavy (non-hydrogen) atoms. The number of rotatable bonds is 3. The highest BCUT2D eigenvalue weighted by molar-refractivity contribution is 5.70. The van der Waals surface area contributed by atoms with Crippen molar-refractivity contribution < 1.29 is 19.2 Å². The molecule has 0 radical (unpaired) electrons. The van der Waals surface area contributed by atoms with Crippen LogP contribution >= 0.6 is 0 Å². The Morgan fingerprint density at radius 3 is 2.50 bits per heavy atom. The molecule has 0 spiro atoms. The van der Waals surface area contributed by atoms with Crippen molar-refractivity contribution in [1.82, 2.24) is 20.6 Å². The van der Waals surface area contributed by atoms with E-state index in [1.807, 2.05) is 0 Å². The molecular weight excluding hydrogens is 240 g/mol. The van der Waals surface area contributed by atoms with Gasteiger partial charge in [0.25, 0.3) is 0 Å². The lowest BCUT2D eigenvalue weighted by Gasteiger charge is -2.19. The molecule has 8 heteroatoms. The van der Waals surface area contributed by atoms with Crippen molar-refractivity contribution in [3.05, 3.63) is 18.5 Å². The minimum Gasteiger partial charge on any atom is -0.444 e. The molecule has 8 nitrogen and oxygen atoms in total. The van der Waals surface area contributed by atoms with Crippen LogP contribution in [0.4, 0.5) is 9.59 Å². The average molecular weight is 256 g/mol. The third-order valence-electron chi connectivity index (χ3n) is 1.52. The molecular formula is C10H16N4O4. The Labute approximate surface area is 104 Å². The first-order valence-corrected chi connectivity index (χ1v) is 5.29. The summed E-state index contributed by atoms with van der Waals surface area (Å²) in [5, 5.41) is 8.32. The van der Waals surface area contributed by atoms with Gasteiger partial charge in [0.1, 0.15) is 5.60 Å². The Hall–Kier alpha value is -2.25. The maximum atomic E-state index is 11.2. The maximum absolute atomic E-state index is 11.2. The van der Waals surface area contributed by atoms with Gasteiger partial charge in [-0.3, -0.25) is 4.84 Å². The van der Waals surface area contributed by atoms with E-state index < -0.39 is 17.8 Å². The molecule has 0 saturated heterocycles. The Balaban J connectivity index is 2.18. The minimum atomic E-state index is -0.741. The van der Waals surface area contributed by atoms with E-state index in [9.17, 15) is 9.59 Å². The van der Waals surface area contributed by atoms with Gasteiger partial charge < -0.3 is 15.4 Å². The molecule has 0 atom stereocenters. The van der Waals surface area contributed by atoms with Crippen LogP contribution in [0.2, 0.25) is 0 Å². The second kappa shape index (κ2) is 5.89. The van der Waals surface area contributed by atoms with Gasteiger partial charge in [0, 0.05) is 0 Å². The number of amides is 2. The van der Waals surface area contributed by atoms with Gasteiger partial charge in [0.05, 0.1) is 19.1 Å². The molecule has 1 aromatic heterocycles. The molecule has 0 unspecified atom stereocenters. The predicted molar refractivity (Wildman–Crippen MR) is 61.6 cm³/mol. The minimum absolute atomic E-state index is 0.102. The summed E-state index contributed by atoms with van der Waals surface area (Å²) in [6, 6.07) is 1.60. The molecule has 2 N–H and O–H groups in total. The summed E-state index contributed by atoms with van der Waals surface area (Å²) in [6.45, 7) is 5.12. The van der Waals surface area contributed by atoms with E-state index >= 15 is 0 Å². The molecule has 1 rings (SSSR count). The zero-order valence-electron chi connectivity index (χ0n) is 10.5. The second-order valence-electron chi connectivity index (χ2n) is 4.32. The lowest BCUT2D eigenvalue weighted by molar-refractivity contribution is 0.0522. The second-order valence-corrected chi connectivity index (χ2v) is 4.32. The van der Waals surface area contributed by atoms with Crippen LogP contribution in [0.3, 0.4) is 0 Å². The summed E-state index contributed by atoms with van der Waals surface area (Å²) in [6.07, 6.45) is 1.56. The zero-order chi connectivity index (χ0) is 13.6. The Bertz CT molecular complexity index is 397. The van der Waals surface area contributed by atoms with Crippen LogP contribution in [0, 0.1) is 0 Å². The van der Waals surface area contributed by atoms with E-state index in [0.29, 0.717) is 0 Å². The van der Waals surface area contributed by atoms with Crippen molar-refractivity contribution in [1.29, 1.82) is 0 Å². The van der Waals surface area contributed by atoms with Crippen LogP contribution in [-0.2, 0) is 4.74 Å². The first kappa shape index (κ1) is 13.8. The van der Waals surface area contributed by atoms with Crippen LogP contribution in [0.25, 0.3) is 0 Å². The smallest absolute Gasteiger partial charge is 0.434 e. The SMILES string of the molecule is CC(C)(C)OC(=O)NCNC(=O)On1cccn1. The largest absolute Gasteiger partial charge is 0.444 e. The molecule has 1 heterocycles. The number of alkyl carbamates (subject to hydrolysis) is 1. The number of hydrogen-bond acceptors (Lipinski definition) is 5. The normalized spacial score (nSPS) is 10.6. The molecule has 1 aromatic rings. The molecule has 0 fully saturated rings. The van der Waals surface area contributed by atoms with Gasteiger partial charge in [0.15, 0.2) is 0 Å². The van der Waals surface area contributed by atoms with E-state index in [2.05, 4.69) is 15.7 Å². The van der Waals surface area contributed by atoms with Crippen molar-refractivity contribution in [2.45, 2.75) is 26.4 Å². The first-order valence-electron chi connectivity index (χ1n) is 5.29. The lowest BCUT2D eigenvalue weighted by Crippen LogP contribution is -2.42. The third-order valence-corrected chi connectivity index (χ3v) is 1.52. The zero-order valence-corrected chi connectivity index (χ0v) is 10.5. The molecule has 0 aromatic carbocycles. The number of carbonyl (C=O) groups excluding carboxylic acids is 2. The Kier molecular flexibility index (Phi) is 4.52. The molecule has 0 aliphatic rings.